The summed E-state index contributed by atoms with van der Waals surface area (Å²) in [7, 11) is 0. The molecule has 4 heterocycles. The average Bonchev–Trinajstić information content (AvgIpc) is 3.35. The monoisotopic (exact) mass is 427 g/mol. The third-order valence-corrected chi connectivity index (χ3v) is 6.48. The predicted octanol–water partition coefficient (Wildman–Crippen LogP) is 2.93. The molecule has 0 radical (unpaired) electrons. The van der Waals surface area contributed by atoms with Crippen LogP contribution >= 0.6 is 11.8 Å². The normalized spacial score (nSPS) is 26.2. The minimum Gasteiger partial charge on any atom is -0.484 e. The van der Waals surface area contributed by atoms with E-state index in [2.05, 4.69) is 40.4 Å². The number of ether oxygens (including phenoxy) is 2. The predicted molar refractivity (Wildman–Crippen MR) is 120 cm³/mol. The van der Waals surface area contributed by atoms with Crippen LogP contribution in [0.3, 0.4) is 0 Å². The Morgan fingerprint density at radius 3 is 2.97 bits per heavy atom. The van der Waals surface area contributed by atoms with Crippen molar-refractivity contribution in [1.29, 1.82) is 0 Å². The molecule has 0 N–H and O–H groups in total. The lowest BCUT2D eigenvalue weighted by Gasteiger charge is -2.34. The van der Waals surface area contributed by atoms with Crippen molar-refractivity contribution < 1.29 is 14.3 Å². The first-order valence-corrected chi connectivity index (χ1v) is 11.7. The van der Waals surface area contributed by atoms with E-state index in [1.165, 1.54) is 5.57 Å². The summed E-state index contributed by atoms with van der Waals surface area (Å²) in [4.78, 5) is 21.1. The van der Waals surface area contributed by atoms with E-state index in [-0.39, 0.29) is 12.0 Å². The molecule has 3 aliphatic heterocycles. The number of pyridine rings is 1. The summed E-state index contributed by atoms with van der Waals surface area (Å²) in [6, 6.07) is 4.55. The standard InChI is InChI=1S/C23H29N3O3S/c1-4-17(21-14-28-20-6-5-9-24-23(20)29-21)8-7-16(2)11-25-12-19-10-18(25)13-26(19)22(27)15-30-3/h4-9,18-19,21H,1,10-15H2,2-3H3/b16-7+,17-8+/t18-,19-,21+/m0/s1. The quantitative estimate of drug-likeness (QED) is 0.624. The van der Waals surface area contributed by atoms with E-state index in [1.807, 2.05) is 24.5 Å². The lowest BCUT2D eigenvalue weighted by Crippen LogP contribution is -2.49. The summed E-state index contributed by atoms with van der Waals surface area (Å²) in [5.41, 5.74) is 2.25. The second-order valence-electron chi connectivity index (χ2n) is 8.06. The summed E-state index contributed by atoms with van der Waals surface area (Å²) in [6.07, 6.45) is 10.6. The zero-order valence-corrected chi connectivity index (χ0v) is 18.4. The third-order valence-electron chi connectivity index (χ3n) is 5.94. The van der Waals surface area contributed by atoms with Crippen molar-refractivity contribution in [3.63, 3.8) is 0 Å². The molecular weight excluding hydrogens is 398 g/mol. The number of thioether (sulfide) groups is 1. The Morgan fingerprint density at radius 1 is 1.37 bits per heavy atom. The Labute approximate surface area is 182 Å². The minimum absolute atomic E-state index is 0.215. The zero-order chi connectivity index (χ0) is 21.1. The maximum absolute atomic E-state index is 12.2. The van der Waals surface area contributed by atoms with Crippen molar-refractivity contribution in [2.45, 2.75) is 31.5 Å². The summed E-state index contributed by atoms with van der Waals surface area (Å²) in [6.45, 7) is 9.28. The van der Waals surface area contributed by atoms with Gasteiger partial charge in [0.15, 0.2) is 11.9 Å². The van der Waals surface area contributed by atoms with Crippen LogP contribution in [0.5, 0.6) is 11.6 Å². The van der Waals surface area contributed by atoms with Crippen molar-refractivity contribution in [3.8, 4) is 11.6 Å². The molecule has 2 fully saturated rings. The summed E-state index contributed by atoms with van der Waals surface area (Å²) < 4.78 is 11.8. The molecule has 160 valence electrons. The van der Waals surface area contributed by atoms with E-state index < -0.39 is 0 Å². The van der Waals surface area contributed by atoms with Gasteiger partial charge in [-0.15, -0.1) is 0 Å². The molecule has 0 saturated carbocycles. The Hall–Kier alpha value is -2.25. The fourth-order valence-electron chi connectivity index (χ4n) is 4.45. The second-order valence-corrected chi connectivity index (χ2v) is 8.93. The van der Waals surface area contributed by atoms with Gasteiger partial charge in [0, 0.05) is 37.9 Å². The van der Waals surface area contributed by atoms with E-state index in [4.69, 9.17) is 9.47 Å². The van der Waals surface area contributed by atoms with Gasteiger partial charge in [0.1, 0.15) is 6.61 Å². The van der Waals surface area contributed by atoms with Gasteiger partial charge in [-0.3, -0.25) is 9.69 Å². The van der Waals surface area contributed by atoms with Gasteiger partial charge in [0.25, 0.3) is 5.88 Å². The molecule has 6 nitrogen and oxygen atoms in total. The van der Waals surface area contributed by atoms with Crippen molar-refractivity contribution in [2.24, 2.45) is 0 Å². The molecule has 0 spiro atoms. The van der Waals surface area contributed by atoms with Gasteiger partial charge < -0.3 is 14.4 Å². The molecule has 7 heteroatoms. The van der Waals surface area contributed by atoms with Crippen LogP contribution in [-0.2, 0) is 4.79 Å². The van der Waals surface area contributed by atoms with Crippen LogP contribution < -0.4 is 9.47 Å². The number of nitrogens with zero attached hydrogens (tertiary/aromatic N) is 3. The molecule has 4 rings (SSSR count). The highest BCUT2D eigenvalue weighted by molar-refractivity contribution is 7.99. The molecule has 0 aromatic carbocycles. The number of likely N-dealkylation sites (tertiary alicyclic amines) is 2. The molecule has 3 aliphatic rings. The van der Waals surface area contributed by atoms with Crippen molar-refractivity contribution in [3.05, 3.63) is 54.3 Å². The molecule has 0 aliphatic carbocycles. The maximum atomic E-state index is 12.2. The molecular formula is C23H29N3O3S. The van der Waals surface area contributed by atoms with E-state index >= 15 is 0 Å². The number of piperazine rings is 1. The average molecular weight is 428 g/mol. The summed E-state index contributed by atoms with van der Waals surface area (Å²) in [5.74, 6) is 2.07. The largest absolute Gasteiger partial charge is 0.484 e. The molecule has 1 amide bonds. The van der Waals surface area contributed by atoms with E-state index in [9.17, 15) is 4.79 Å². The van der Waals surface area contributed by atoms with Gasteiger partial charge in [-0.2, -0.15) is 11.8 Å². The van der Waals surface area contributed by atoms with Gasteiger partial charge in [-0.1, -0.05) is 30.4 Å². The first-order chi connectivity index (χ1) is 14.6. The molecule has 1 aromatic rings. The lowest BCUT2D eigenvalue weighted by atomic mass is 10.1. The fraction of sp³-hybridized carbons (Fsp3) is 0.478. The molecule has 3 atom stereocenters. The first-order valence-electron chi connectivity index (χ1n) is 10.4. The highest BCUT2D eigenvalue weighted by Crippen LogP contribution is 2.32. The number of rotatable bonds is 7. The molecule has 2 saturated heterocycles. The zero-order valence-electron chi connectivity index (χ0n) is 17.6. The fourth-order valence-corrected chi connectivity index (χ4v) is 4.86. The maximum Gasteiger partial charge on any atom is 0.257 e. The molecule has 0 unspecified atom stereocenters. The van der Waals surface area contributed by atoms with Gasteiger partial charge in [0.2, 0.25) is 5.91 Å². The Balaban J connectivity index is 1.34. The van der Waals surface area contributed by atoms with Crippen molar-refractivity contribution in [1.82, 2.24) is 14.8 Å². The van der Waals surface area contributed by atoms with Crippen molar-refractivity contribution >= 4 is 17.7 Å². The van der Waals surface area contributed by atoms with Crippen LogP contribution in [0.25, 0.3) is 0 Å². The van der Waals surface area contributed by atoms with Crippen LogP contribution in [0.15, 0.2) is 54.3 Å². The molecule has 2 bridgehead atoms. The van der Waals surface area contributed by atoms with E-state index in [1.54, 1.807) is 18.0 Å². The smallest absolute Gasteiger partial charge is 0.257 e. The number of carbonyl (C=O) groups is 1. The number of aromatic nitrogens is 1. The number of hydrogen-bond donors (Lipinski definition) is 0. The number of amides is 1. The van der Waals surface area contributed by atoms with Crippen LogP contribution in [-0.4, -0.2) is 77.1 Å². The second kappa shape index (κ2) is 9.27. The Morgan fingerprint density at radius 2 is 2.23 bits per heavy atom. The van der Waals surface area contributed by atoms with Gasteiger partial charge in [-0.05, 0) is 37.3 Å². The first kappa shape index (κ1) is 21.0. The van der Waals surface area contributed by atoms with Crippen LogP contribution in [0.2, 0.25) is 0 Å². The summed E-state index contributed by atoms with van der Waals surface area (Å²) >= 11 is 1.60. The summed E-state index contributed by atoms with van der Waals surface area (Å²) in [5, 5.41) is 0. The highest BCUT2D eigenvalue weighted by atomic mass is 32.2. The topological polar surface area (TPSA) is 54.9 Å². The lowest BCUT2D eigenvalue weighted by molar-refractivity contribution is -0.130. The molecule has 1 aromatic heterocycles. The molecule has 30 heavy (non-hydrogen) atoms. The number of hydrogen-bond acceptors (Lipinski definition) is 6. The van der Waals surface area contributed by atoms with Crippen LogP contribution in [0.1, 0.15) is 13.3 Å². The minimum atomic E-state index is -0.215. The third kappa shape index (κ3) is 4.42. The SMILES string of the molecule is C=C/C(=C\C=C(/C)CN1C[C@@H]2C[C@H]1CN2C(=O)CSC)[C@H]1COc2cccnc2O1. The van der Waals surface area contributed by atoms with Crippen molar-refractivity contribution in [2.75, 3.05) is 38.2 Å². The van der Waals surface area contributed by atoms with Gasteiger partial charge >= 0.3 is 0 Å². The highest BCUT2D eigenvalue weighted by Gasteiger charge is 2.44. The number of fused-ring (bicyclic) bond motifs is 3. The number of carbonyl (C=O) groups excluding carboxylic acids is 1. The van der Waals surface area contributed by atoms with E-state index in [0.29, 0.717) is 36.1 Å². The Kier molecular flexibility index (Phi) is 6.49. The van der Waals surface area contributed by atoms with Crippen LogP contribution in [0, 0.1) is 0 Å². The van der Waals surface area contributed by atoms with Gasteiger partial charge in [-0.25, -0.2) is 4.98 Å². The van der Waals surface area contributed by atoms with E-state index in [0.717, 1.165) is 31.6 Å². The van der Waals surface area contributed by atoms with Crippen LogP contribution in [0.4, 0.5) is 0 Å². The number of allylic oxidation sites excluding steroid dienone is 2. The Bertz CT molecular complexity index is 869. The van der Waals surface area contributed by atoms with Gasteiger partial charge in [0.05, 0.1) is 5.75 Å².